The second-order valence-corrected chi connectivity index (χ2v) is 5.20. The Hall–Kier alpha value is -1.00. The molecule has 1 aromatic carbocycles. The van der Waals surface area contributed by atoms with Gasteiger partial charge in [-0.1, -0.05) is 25.0 Å². The quantitative estimate of drug-likeness (QED) is 0.902. The summed E-state index contributed by atoms with van der Waals surface area (Å²) in [5.74, 6) is -1.50. The maximum Gasteiger partial charge on any atom is 0.163 e. The van der Waals surface area contributed by atoms with Crippen molar-refractivity contribution in [3.63, 3.8) is 0 Å². The highest BCUT2D eigenvalue weighted by Crippen LogP contribution is 2.21. The summed E-state index contributed by atoms with van der Waals surface area (Å²) in [6.07, 6.45) is 4.94. The third-order valence-corrected chi connectivity index (χ3v) is 3.84. The Morgan fingerprint density at radius 3 is 2.47 bits per heavy atom. The predicted molar refractivity (Wildman–Crippen MR) is 73.1 cm³/mol. The van der Waals surface area contributed by atoms with Gasteiger partial charge in [-0.15, -0.1) is 0 Å². The highest BCUT2D eigenvalue weighted by Gasteiger charge is 2.20. The predicted octanol–water partition coefficient (Wildman–Crippen LogP) is 3.10. The number of halogens is 2. The van der Waals surface area contributed by atoms with Gasteiger partial charge in [0.15, 0.2) is 11.6 Å². The van der Waals surface area contributed by atoms with Crippen LogP contribution >= 0.6 is 0 Å². The van der Waals surface area contributed by atoms with Gasteiger partial charge in [-0.3, -0.25) is 0 Å². The zero-order valence-corrected chi connectivity index (χ0v) is 11.5. The smallest absolute Gasteiger partial charge is 0.163 e. The summed E-state index contributed by atoms with van der Waals surface area (Å²) in [4.78, 5) is 2.35. The molecule has 1 saturated heterocycles. The molecular formula is C15H22F2N2. The lowest BCUT2D eigenvalue weighted by molar-refractivity contribution is 0.252. The first kappa shape index (κ1) is 14.4. The molecule has 0 amide bonds. The topological polar surface area (TPSA) is 15.3 Å². The van der Waals surface area contributed by atoms with Crippen LogP contribution in [0, 0.1) is 11.6 Å². The largest absolute Gasteiger partial charge is 0.312 e. The van der Waals surface area contributed by atoms with Crippen molar-refractivity contribution in [3.05, 3.63) is 35.4 Å². The van der Waals surface area contributed by atoms with Crippen molar-refractivity contribution >= 4 is 0 Å². The number of nitrogens with one attached hydrogen (secondary N) is 1. The van der Waals surface area contributed by atoms with Gasteiger partial charge in [-0.25, -0.2) is 8.78 Å². The maximum atomic E-state index is 13.8. The van der Waals surface area contributed by atoms with Gasteiger partial charge in [0.25, 0.3) is 0 Å². The molecule has 1 aliphatic heterocycles. The standard InChI is InChI=1S/C15H22F2N2/c1-18-14(11-19-9-4-2-3-5-10-19)12-7-6-8-13(16)15(12)17/h6-8,14,18H,2-5,9-11H2,1H3. The van der Waals surface area contributed by atoms with E-state index < -0.39 is 11.6 Å². The summed E-state index contributed by atoms with van der Waals surface area (Å²) < 4.78 is 27.1. The average Bonchev–Trinajstić information content (AvgIpc) is 2.68. The van der Waals surface area contributed by atoms with E-state index >= 15 is 0 Å². The number of nitrogens with zero attached hydrogens (tertiary/aromatic N) is 1. The van der Waals surface area contributed by atoms with E-state index in [1.807, 2.05) is 0 Å². The molecule has 1 heterocycles. The maximum absolute atomic E-state index is 13.8. The minimum Gasteiger partial charge on any atom is -0.312 e. The molecule has 106 valence electrons. The Kier molecular flexibility index (Phi) is 5.28. The van der Waals surface area contributed by atoms with Crippen LogP contribution in [0.1, 0.15) is 37.3 Å². The van der Waals surface area contributed by atoms with Crippen LogP contribution in [0.4, 0.5) is 8.78 Å². The fraction of sp³-hybridized carbons (Fsp3) is 0.600. The van der Waals surface area contributed by atoms with Crippen LogP contribution in [0.25, 0.3) is 0 Å². The van der Waals surface area contributed by atoms with Gasteiger partial charge in [0, 0.05) is 18.2 Å². The first-order valence-electron chi connectivity index (χ1n) is 7.06. The van der Waals surface area contributed by atoms with Crippen molar-refractivity contribution in [1.82, 2.24) is 10.2 Å². The highest BCUT2D eigenvalue weighted by molar-refractivity contribution is 5.22. The molecule has 1 N–H and O–H groups in total. The molecule has 1 unspecified atom stereocenters. The molecule has 1 atom stereocenters. The molecule has 4 heteroatoms. The molecule has 19 heavy (non-hydrogen) atoms. The van der Waals surface area contributed by atoms with Crippen LogP contribution in [0.3, 0.4) is 0 Å². The van der Waals surface area contributed by atoms with Gasteiger partial charge in [0.1, 0.15) is 0 Å². The van der Waals surface area contributed by atoms with E-state index in [1.54, 1.807) is 19.2 Å². The summed E-state index contributed by atoms with van der Waals surface area (Å²) in [6, 6.07) is 4.24. The van der Waals surface area contributed by atoms with Gasteiger partial charge in [-0.05, 0) is 39.0 Å². The molecule has 2 rings (SSSR count). The van der Waals surface area contributed by atoms with Crippen LogP contribution in [-0.4, -0.2) is 31.6 Å². The molecule has 0 radical (unpaired) electrons. The van der Waals surface area contributed by atoms with Crippen molar-refractivity contribution in [3.8, 4) is 0 Å². The van der Waals surface area contributed by atoms with Crippen LogP contribution < -0.4 is 5.32 Å². The van der Waals surface area contributed by atoms with E-state index in [-0.39, 0.29) is 6.04 Å². The fourth-order valence-corrected chi connectivity index (χ4v) is 2.71. The number of hydrogen-bond acceptors (Lipinski definition) is 2. The SMILES string of the molecule is CNC(CN1CCCCCC1)c1cccc(F)c1F. The second kappa shape index (κ2) is 6.96. The van der Waals surface area contributed by atoms with Crippen molar-refractivity contribution in [2.24, 2.45) is 0 Å². The van der Waals surface area contributed by atoms with E-state index in [0.717, 1.165) is 25.7 Å². The Bertz CT molecular complexity index is 401. The first-order valence-corrected chi connectivity index (χ1v) is 7.06. The fourth-order valence-electron chi connectivity index (χ4n) is 2.71. The zero-order valence-electron chi connectivity index (χ0n) is 11.5. The van der Waals surface area contributed by atoms with Gasteiger partial charge < -0.3 is 10.2 Å². The lowest BCUT2D eigenvalue weighted by Crippen LogP contribution is -2.35. The number of benzene rings is 1. The summed E-state index contributed by atoms with van der Waals surface area (Å²) in [5, 5.41) is 3.11. The monoisotopic (exact) mass is 268 g/mol. The van der Waals surface area contributed by atoms with E-state index in [9.17, 15) is 8.78 Å². The van der Waals surface area contributed by atoms with Crippen LogP contribution in [0.2, 0.25) is 0 Å². The van der Waals surface area contributed by atoms with Crippen molar-refractivity contribution in [1.29, 1.82) is 0 Å². The summed E-state index contributed by atoms with van der Waals surface area (Å²) >= 11 is 0. The molecule has 0 aromatic heterocycles. The van der Waals surface area contributed by atoms with Crippen molar-refractivity contribution < 1.29 is 8.78 Å². The molecule has 0 aliphatic carbocycles. The van der Waals surface area contributed by atoms with Crippen LogP contribution in [-0.2, 0) is 0 Å². The number of likely N-dealkylation sites (N-methyl/N-ethyl adjacent to an activating group) is 1. The molecule has 1 fully saturated rings. The first-order chi connectivity index (χ1) is 9.22. The molecule has 2 nitrogen and oxygen atoms in total. The van der Waals surface area contributed by atoms with Gasteiger partial charge >= 0.3 is 0 Å². The second-order valence-electron chi connectivity index (χ2n) is 5.20. The molecule has 1 aromatic rings. The number of likely N-dealkylation sites (tertiary alicyclic amines) is 1. The van der Waals surface area contributed by atoms with E-state index in [4.69, 9.17) is 0 Å². The van der Waals surface area contributed by atoms with Gasteiger partial charge in [0.05, 0.1) is 0 Å². The lowest BCUT2D eigenvalue weighted by Gasteiger charge is -2.26. The lowest BCUT2D eigenvalue weighted by atomic mass is 10.1. The van der Waals surface area contributed by atoms with Crippen molar-refractivity contribution in [2.45, 2.75) is 31.7 Å². The van der Waals surface area contributed by atoms with Crippen LogP contribution in [0.5, 0.6) is 0 Å². The molecule has 0 spiro atoms. The molecule has 1 aliphatic rings. The molecule has 0 bridgehead atoms. The number of hydrogen-bond donors (Lipinski definition) is 1. The third-order valence-electron chi connectivity index (χ3n) is 3.84. The van der Waals surface area contributed by atoms with Crippen LogP contribution in [0.15, 0.2) is 18.2 Å². The van der Waals surface area contributed by atoms with E-state index in [1.165, 1.54) is 25.7 Å². The third kappa shape index (κ3) is 3.74. The Balaban J connectivity index is 2.08. The minimum atomic E-state index is -0.770. The Morgan fingerprint density at radius 1 is 1.16 bits per heavy atom. The molecule has 0 saturated carbocycles. The summed E-state index contributed by atoms with van der Waals surface area (Å²) in [7, 11) is 1.80. The zero-order chi connectivity index (χ0) is 13.7. The Labute approximate surface area is 113 Å². The van der Waals surface area contributed by atoms with Crippen molar-refractivity contribution in [2.75, 3.05) is 26.7 Å². The van der Waals surface area contributed by atoms with E-state index in [2.05, 4.69) is 10.2 Å². The summed E-state index contributed by atoms with van der Waals surface area (Å²) in [5.41, 5.74) is 0.423. The summed E-state index contributed by atoms with van der Waals surface area (Å²) in [6.45, 7) is 2.83. The van der Waals surface area contributed by atoms with Gasteiger partial charge in [0.2, 0.25) is 0 Å². The normalized spacial score (nSPS) is 19.1. The number of rotatable bonds is 4. The Morgan fingerprint density at radius 2 is 1.84 bits per heavy atom. The average molecular weight is 268 g/mol. The highest BCUT2D eigenvalue weighted by atomic mass is 19.2. The molecular weight excluding hydrogens is 246 g/mol. The van der Waals surface area contributed by atoms with E-state index in [0.29, 0.717) is 5.56 Å². The minimum absolute atomic E-state index is 0.159. The van der Waals surface area contributed by atoms with Gasteiger partial charge in [-0.2, -0.15) is 0 Å².